The largest absolute Gasteiger partial charge is 0.481 e. The number of hydrogen-bond acceptors (Lipinski definition) is 2. The van der Waals surface area contributed by atoms with E-state index in [1.165, 1.54) is 0 Å². The number of carbonyl (C=O) groups is 2. The average Bonchev–Trinajstić information content (AvgIpc) is 2.43. The van der Waals surface area contributed by atoms with Gasteiger partial charge >= 0.3 is 12.0 Å². The SMILES string of the molecule is CC(C)C(C)CNC(=O)NCC1(C(=O)O)CCCCC1. The van der Waals surface area contributed by atoms with Crippen molar-refractivity contribution in [2.24, 2.45) is 17.3 Å². The van der Waals surface area contributed by atoms with Gasteiger partial charge in [0.25, 0.3) is 0 Å². The Balaban J connectivity index is 2.40. The number of carboxylic acids is 1. The quantitative estimate of drug-likeness (QED) is 0.701. The van der Waals surface area contributed by atoms with Crippen molar-refractivity contribution in [1.82, 2.24) is 10.6 Å². The van der Waals surface area contributed by atoms with Crippen LogP contribution in [0.15, 0.2) is 0 Å². The van der Waals surface area contributed by atoms with Crippen molar-refractivity contribution in [2.75, 3.05) is 13.1 Å². The summed E-state index contributed by atoms with van der Waals surface area (Å²) in [6, 6.07) is -0.260. The Morgan fingerprint density at radius 2 is 1.70 bits per heavy atom. The van der Waals surface area contributed by atoms with Crippen LogP contribution < -0.4 is 10.6 Å². The van der Waals surface area contributed by atoms with Crippen LogP contribution in [0.3, 0.4) is 0 Å². The highest BCUT2D eigenvalue weighted by atomic mass is 16.4. The molecule has 1 rings (SSSR count). The van der Waals surface area contributed by atoms with E-state index in [0.717, 1.165) is 19.3 Å². The molecule has 1 aliphatic rings. The van der Waals surface area contributed by atoms with E-state index in [1.54, 1.807) is 0 Å². The summed E-state index contributed by atoms with van der Waals surface area (Å²) in [5.41, 5.74) is -0.765. The zero-order chi connectivity index (χ0) is 15.2. The molecule has 1 aliphatic carbocycles. The number of rotatable bonds is 6. The molecule has 0 aromatic carbocycles. The molecule has 0 spiro atoms. The molecule has 0 saturated heterocycles. The summed E-state index contributed by atoms with van der Waals surface area (Å²) < 4.78 is 0. The molecule has 1 saturated carbocycles. The first-order chi connectivity index (χ1) is 9.37. The van der Waals surface area contributed by atoms with Gasteiger partial charge in [0.2, 0.25) is 0 Å². The van der Waals surface area contributed by atoms with Crippen molar-refractivity contribution >= 4 is 12.0 Å². The minimum Gasteiger partial charge on any atom is -0.481 e. The lowest BCUT2D eigenvalue weighted by Gasteiger charge is -2.33. The van der Waals surface area contributed by atoms with Gasteiger partial charge < -0.3 is 15.7 Å². The summed E-state index contributed by atoms with van der Waals surface area (Å²) in [4.78, 5) is 23.2. The van der Waals surface area contributed by atoms with Crippen LogP contribution in [0.5, 0.6) is 0 Å². The van der Waals surface area contributed by atoms with Gasteiger partial charge in [0.1, 0.15) is 0 Å². The Morgan fingerprint density at radius 3 is 2.20 bits per heavy atom. The molecule has 5 nitrogen and oxygen atoms in total. The summed E-state index contributed by atoms with van der Waals surface area (Å²) >= 11 is 0. The van der Waals surface area contributed by atoms with E-state index in [0.29, 0.717) is 31.2 Å². The third kappa shape index (κ3) is 4.69. The number of amides is 2. The van der Waals surface area contributed by atoms with Crippen molar-refractivity contribution in [3.8, 4) is 0 Å². The lowest BCUT2D eigenvalue weighted by Crippen LogP contribution is -2.47. The molecular formula is C15H28N2O3. The number of urea groups is 1. The summed E-state index contributed by atoms with van der Waals surface area (Å²) in [6.07, 6.45) is 4.27. The van der Waals surface area contributed by atoms with Crippen LogP contribution in [-0.4, -0.2) is 30.2 Å². The number of nitrogens with one attached hydrogen (secondary N) is 2. The van der Waals surface area contributed by atoms with E-state index >= 15 is 0 Å². The van der Waals surface area contributed by atoms with Crippen LogP contribution in [0.1, 0.15) is 52.9 Å². The van der Waals surface area contributed by atoms with Gasteiger partial charge in [-0.05, 0) is 24.7 Å². The molecule has 116 valence electrons. The molecule has 0 aromatic rings. The Hall–Kier alpha value is -1.26. The van der Waals surface area contributed by atoms with Gasteiger partial charge in [0, 0.05) is 13.1 Å². The highest BCUT2D eigenvalue weighted by Gasteiger charge is 2.39. The minimum atomic E-state index is -0.784. The fourth-order valence-corrected chi connectivity index (χ4v) is 2.50. The molecule has 20 heavy (non-hydrogen) atoms. The Morgan fingerprint density at radius 1 is 1.10 bits per heavy atom. The number of carbonyl (C=O) groups excluding carboxylic acids is 1. The molecule has 1 fully saturated rings. The van der Waals surface area contributed by atoms with Crippen molar-refractivity contribution in [1.29, 1.82) is 0 Å². The maximum atomic E-state index is 11.8. The van der Waals surface area contributed by atoms with Gasteiger partial charge in [-0.15, -0.1) is 0 Å². The first-order valence-electron chi connectivity index (χ1n) is 7.62. The van der Waals surface area contributed by atoms with Crippen LogP contribution in [0.25, 0.3) is 0 Å². The number of aliphatic carboxylic acids is 1. The molecule has 1 unspecified atom stereocenters. The van der Waals surface area contributed by atoms with E-state index in [1.807, 2.05) is 0 Å². The molecule has 0 aliphatic heterocycles. The lowest BCUT2D eigenvalue weighted by atomic mass is 9.74. The average molecular weight is 284 g/mol. The van der Waals surface area contributed by atoms with Crippen molar-refractivity contribution < 1.29 is 14.7 Å². The van der Waals surface area contributed by atoms with Gasteiger partial charge in [0.15, 0.2) is 0 Å². The second-order valence-corrected chi connectivity index (χ2v) is 6.43. The normalized spacial score (nSPS) is 19.4. The van der Waals surface area contributed by atoms with Crippen LogP contribution in [0.2, 0.25) is 0 Å². The van der Waals surface area contributed by atoms with Crippen LogP contribution in [-0.2, 0) is 4.79 Å². The molecule has 1 atom stereocenters. The molecule has 5 heteroatoms. The van der Waals surface area contributed by atoms with Gasteiger partial charge in [-0.25, -0.2) is 4.79 Å². The van der Waals surface area contributed by atoms with E-state index in [-0.39, 0.29) is 12.6 Å². The minimum absolute atomic E-state index is 0.226. The monoisotopic (exact) mass is 284 g/mol. The van der Waals surface area contributed by atoms with Crippen LogP contribution in [0.4, 0.5) is 4.79 Å². The van der Waals surface area contributed by atoms with Crippen LogP contribution >= 0.6 is 0 Å². The fourth-order valence-electron chi connectivity index (χ4n) is 2.50. The zero-order valence-corrected chi connectivity index (χ0v) is 12.9. The van der Waals surface area contributed by atoms with Crippen molar-refractivity contribution in [3.05, 3.63) is 0 Å². The zero-order valence-electron chi connectivity index (χ0n) is 12.9. The molecule has 0 bridgehead atoms. The smallest absolute Gasteiger partial charge is 0.314 e. The van der Waals surface area contributed by atoms with Crippen LogP contribution in [0, 0.1) is 17.3 Å². The number of carboxylic acid groups (broad SMARTS) is 1. The molecule has 0 heterocycles. The van der Waals surface area contributed by atoms with E-state index in [2.05, 4.69) is 31.4 Å². The fraction of sp³-hybridized carbons (Fsp3) is 0.867. The van der Waals surface area contributed by atoms with Gasteiger partial charge in [-0.3, -0.25) is 4.79 Å². The third-order valence-corrected chi connectivity index (χ3v) is 4.57. The molecule has 3 N–H and O–H groups in total. The van der Waals surface area contributed by atoms with Gasteiger partial charge in [-0.2, -0.15) is 0 Å². The third-order valence-electron chi connectivity index (χ3n) is 4.57. The first-order valence-corrected chi connectivity index (χ1v) is 7.62. The standard InChI is InChI=1S/C15H28N2O3/c1-11(2)12(3)9-16-14(20)17-10-15(13(18)19)7-5-4-6-8-15/h11-12H,4-10H2,1-3H3,(H,18,19)(H2,16,17,20). The summed E-state index contributed by atoms with van der Waals surface area (Å²) in [6.45, 7) is 7.16. The summed E-state index contributed by atoms with van der Waals surface area (Å²) in [5, 5.41) is 15.0. The highest BCUT2D eigenvalue weighted by Crippen LogP contribution is 2.35. The predicted octanol–water partition coefficient (Wildman–Crippen LogP) is 2.61. The summed E-state index contributed by atoms with van der Waals surface area (Å²) in [5.74, 6) is 0.135. The highest BCUT2D eigenvalue weighted by molar-refractivity contribution is 5.78. The van der Waals surface area contributed by atoms with Crippen molar-refractivity contribution in [2.45, 2.75) is 52.9 Å². The maximum Gasteiger partial charge on any atom is 0.314 e. The second kappa shape index (κ2) is 7.50. The topological polar surface area (TPSA) is 78.4 Å². The Bertz CT molecular complexity index is 336. The Labute approximate surface area is 121 Å². The Kier molecular flexibility index (Phi) is 6.30. The number of hydrogen-bond donors (Lipinski definition) is 3. The van der Waals surface area contributed by atoms with E-state index in [9.17, 15) is 14.7 Å². The molecule has 0 radical (unpaired) electrons. The first kappa shape index (κ1) is 16.8. The summed E-state index contributed by atoms with van der Waals surface area (Å²) in [7, 11) is 0. The van der Waals surface area contributed by atoms with E-state index < -0.39 is 11.4 Å². The van der Waals surface area contributed by atoms with Gasteiger partial charge in [0.05, 0.1) is 5.41 Å². The molecular weight excluding hydrogens is 256 g/mol. The van der Waals surface area contributed by atoms with E-state index in [4.69, 9.17) is 0 Å². The molecule has 0 aromatic heterocycles. The predicted molar refractivity (Wildman–Crippen MR) is 78.6 cm³/mol. The van der Waals surface area contributed by atoms with Gasteiger partial charge in [-0.1, -0.05) is 40.0 Å². The maximum absolute atomic E-state index is 11.8. The van der Waals surface area contributed by atoms with Crippen molar-refractivity contribution in [3.63, 3.8) is 0 Å². The molecule has 2 amide bonds. The second-order valence-electron chi connectivity index (χ2n) is 6.43. The lowest BCUT2D eigenvalue weighted by molar-refractivity contribution is -0.150.